The van der Waals surface area contributed by atoms with E-state index in [1.54, 1.807) is 63.2 Å². The number of amides is 3. The number of nitrogens with zero attached hydrogens (tertiary/aromatic N) is 4. The van der Waals surface area contributed by atoms with Crippen LogP contribution in [0.1, 0.15) is 56.0 Å². The minimum Gasteiger partial charge on any atom is -0.484 e. The third-order valence-corrected chi connectivity index (χ3v) is 7.85. The number of pyridine rings is 1. The van der Waals surface area contributed by atoms with Crippen molar-refractivity contribution in [2.24, 2.45) is 0 Å². The molecule has 0 saturated carbocycles. The smallest absolute Gasteiger partial charge is 0.257 e. The zero-order chi connectivity index (χ0) is 32.1. The molecule has 4 rings (SSSR count). The number of aryl methyl sites for hydroxylation is 3. The van der Waals surface area contributed by atoms with Gasteiger partial charge >= 0.3 is 0 Å². The number of carbonyl (C=O) groups excluding carboxylic acids is 3. The van der Waals surface area contributed by atoms with Gasteiger partial charge in [-0.15, -0.1) is 0 Å². The molecule has 2 aromatic carbocycles. The van der Waals surface area contributed by atoms with Crippen molar-refractivity contribution >= 4 is 23.5 Å². The van der Waals surface area contributed by atoms with Crippen LogP contribution in [0.4, 0.5) is 10.2 Å². The highest BCUT2D eigenvalue weighted by Gasteiger charge is 2.29. The van der Waals surface area contributed by atoms with Gasteiger partial charge in [-0.05, 0) is 86.4 Å². The summed E-state index contributed by atoms with van der Waals surface area (Å²) < 4.78 is 21.1. The van der Waals surface area contributed by atoms with Crippen molar-refractivity contribution < 1.29 is 23.5 Å². The predicted octanol–water partition coefficient (Wildman–Crippen LogP) is 4.94. The van der Waals surface area contributed by atoms with Crippen LogP contribution in [0.5, 0.6) is 5.75 Å². The number of benzene rings is 2. The van der Waals surface area contributed by atoms with E-state index in [9.17, 15) is 18.8 Å². The molecular weight excluding hydrogens is 561 g/mol. The number of anilines is 1. The lowest BCUT2D eigenvalue weighted by Gasteiger charge is -2.40. The Balaban J connectivity index is 1.51. The maximum absolute atomic E-state index is 14.6. The number of piperazine rings is 1. The Bertz CT molecular complexity index is 1570. The summed E-state index contributed by atoms with van der Waals surface area (Å²) in [6, 6.07) is 12.0. The molecule has 1 N–H and O–H groups in total. The monoisotopic (exact) mass is 601 g/mol. The Morgan fingerprint density at radius 3 is 2.45 bits per heavy atom. The highest BCUT2D eigenvalue weighted by molar-refractivity contribution is 6.05. The Kier molecular flexibility index (Phi) is 10.2. The molecule has 1 fully saturated rings. The third-order valence-electron chi connectivity index (χ3n) is 7.85. The molecule has 1 aliphatic rings. The van der Waals surface area contributed by atoms with Gasteiger partial charge in [0.15, 0.2) is 0 Å². The van der Waals surface area contributed by atoms with Crippen molar-refractivity contribution in [3.63, 3.8) is 0 Å². The summed E-state index contributed by atoms with van der Waals surface area (Å²) in [5.74, 6) is 0.00484. The van der Waals surface area contributed by atoms with Crippen molar-refractivity contribution in [1.29, 1.82) is 0 Å². The van der Waals surface area contributed by atoms with E-state index in [4.69, 9.17) is 4.74 Å². The quantitative estimate of drug-likeness (QED) is 0.349. The normalized spacial score (nSPS) is 15.8. The van der Waals surface area contributed by atoms with Crippen LogP contribution in [0.15, 0.2) is 61.3 Å². The Morgan fingerprint density at radius 1 is 1.09 bits per heavy atom. The second kappa shape index (κ2) is 13.8. The van der Waals surface area contributed by atoms with Gasteiger partial charge in [0.25, 0.3) is 11.8 Å². The molecule has 232 valence electrons. The largest absolute Gasteiger partial charge is 0.484 e. The van der Waals surface area contributed by atoms with E-state index < -0.39 is 6.10 Å². The summed E-state index contributed by atoms with van der Waals surface area (Å²) in [6.07, 6.45) is 2.29. The predicted molar refractivity (Wildman–Crippen MR) is 168 cm³/mol. The lowest BCUT2D eigenvalue weighted by Crippen LogP contribution is -2.54. The van der Waals surface area contributed by atoms with Crippen LogP contribution in [0, 0.1) is 26.6 Å². The molecule has 2 heterocycles. The topological polar surface area (TPSA) is 95.1 Å². The fraction of sp³-hybridized carbons (Fsp3) is 0.353. The summed E-state index contributed by atoms with van der Waals surface area (Å²) >= 11 is 0. The molecule has 1 aromatic heterocycles. The molecule has 44 heavy (non-hydrogen) atoms. The SMILES string of the molecule is C=CC(=O)N1CCN(C[C@H](Oc2ccc(C(=O)Nc3ncc(C(=O)N(C)C)cc3C)c(C)c2)c2ccc(C)c(F)c2)C[C@H]1C. The number of ether oxygens (including phenoxy) is 1. The molecule has 1 saturated heterocycles. The van der Waals surface area contributed by atoms with Crippen molar-refractivity contribution in [3.8, 4) is 5.75 Å². The number of aromatic nitrogens is 1. The number of halogens is 1. The van der Waals surface area contributed by atoms with Crippen LogP contribution in [0.3, 0.4) is 0 Å². The maximum Gasteiger partial charge on any atom is 0.257 e. The molecule has 10 heteroatoms. The maximum atomic E-state index is 14.6. The molecule has 0 spiro atoms. The first-order valence-corrected chi connectivity index (χ1v) is 14.6. The second-order valence-corrected chi connectivity index (χ2v) is 11.5. The van der Waals surface area contributed by atoms with E-state index in [0.29, 0.717) is 71.1 Å². The van der Waals surface area contributed by atoms with Gasteiger partial charge in [-0.1, -0.05) is 18.7 Å². The average molecular weight is 602 g/mol. The van der Waals surface area contributed by atoms with Crippen molar-refractivity contribution in [2.75, 3.05) is 45.6 Å². The molecule has 0 unspecified atom stereocenters. The van der Waals surface area contributed by atoms with Gasteiger partial charge in [-0.25, -0.2) is 9.37 Å². The van der Waals surface area contributed by atoms with E-state index in [0.717, 1.165) is 0 Å². The lowest BCUT2D eigenvalue weighted by molar-refractivity contribution is -0.130. The van der Waals surface area contributed by atoms with Crippen LogP contribution in [0.25, 0.3) is 0 Å². The van der Waals surface area contributed by atoms with Gasteiger partial charge in [0.05, 0.1) is 5.56 Å². The first-order valence-electron chi connectivity index (χ1n) is 14.6. The van der Waals surface area contributed by atoms with Crippen LogP contribution in [0.2, 0.25) is 0 Å². The molecule has 0 bridgehead atoms. The van der Waals surface area contributed by atoms with E-state index in [-0.39, 0.29) is 29.6 Å². The highest BCUT2D eigenvalue weighted by atomic mass is 19.1. The Hall–Kier alpha value is -4.57. The molecule has 3 aromatic rings. The average Bonchev–Trinajstić information content (AvgIpc) is 2.98. The first-order chi connectivity index (χ1) is 20.9. The van der Waals surface area contributed by atoms with Crippen molar-refractivity contribution in [2.45, 2.75) is 39.8 Å². The van der Waals surface area contributed by atoms with Crippen LogP contribution < -0.4 is 10.1 Å². The molecule has 3 amide bonds. The molecule has 9 nitrogen and oxygen atoms in total. The standard InChI is InChI=1S/C34H40FN5O4/c1-8-31(41)40-14-13-39(19-24(40)5)20-30(25-10-9-21(2)29(35)17-25)44-27-11-12-28(22(3)16-27)33(42)37-32-23(4)15-26(18-36-32)34(43)38(6)7/h8-12,15-18,24,30H,1,13-14,19-20H2,2-7H3,(H,36,37,42)/t24-,30+/m1/s1. The van der Waals surface area contributed by atoms with Gasteiger partial charge < -0.3 is 19.9 Å². The van der Waals surface area contributed by atoms with Crippen LogP contribution >= 0.6 is 0 Å². The van der Waals surface area contributed by atoms with E-state index >= 15 is 0 Å². The highest BCUT2D eigenvalue weighted by Crippen LogP contribution is 2.28. The number of rotatable bonds is 9. The number of carbonyl (C=O) groups is 3. The fourth-order valence-electron chi connectivity index (χ4n) is 5.28. The zero-order valence-corrected chi connectivity index (χ0v) is 26.2. The van der Waals surface area contributed by atoms with Gasteiger partial charge in [0.2, 0.25) is 5.91 Å². The molecule has 2 atom stereocenters. The Morgan fingerprint density at radius 2 is 1.84 bits per heavy atom. The summed E-state index contributed by atoms with van der Waals surface area (Å²) in [4.78, 5) is 47.4. The van der Waals surface area contributed by atoms with E-state index in [2.05, 4.69) is 21.8 Å². The van der Waals surface area contributed by atoms with Gasteiger partial charge in [0.1, 0.15) is 23.5 Å². The van der Waals surface area contributed by atoms with Gasteiger partial charge in [0, 0.05) is 58.1 Å². The number of nitrogens with one attached hydrogen (secondary N) is 1. The molecular formula is C34H40FN5O4. The van der Waals surface area contributed by atoms with Crippen LogP contribution in [-0.4, -0.2) is 83.7 Å². The van der Waals surface area contributed by atoms with Crippen molar-refractivity contribution in [3.05, 3.63) is 101 Å². The lowest BCUT2D eigenvalue weighted by atomic mass is 10.0. The second-order valence-electron chi connectivity index (χ2n) is 11.5. The summed E-state index contributed by atoms with van der Waals surface area (Å²) in [6.45, 7) is 13.3. The number of hydrogen-bond acceptors (Lipinski definition) is 6. The Labute approximate surface area is 258 Å². The molecule has 0 radical (unpaired) electrons. The van der Waals surface area contributed by atoms with Gasteiger partial charge in [-0.3, -0.25) is 19.3 Å². The van der Waals surface area contributed by atoms with Gasteiger partial charge in [-0.2, -0.15) is 0 Å². The minimum absolute atomic E-state index is 0.00695. The molecule has 0 aliphatic carbocycles. The van der Waals surface area contributed by atoms with E-state index in [1.165, 1.54) is 23.2 Å². The number of hydrogen-bond donors (Lipinski definition) is 1. The van der Waals surface area contributed by atoms with E-state index in [1.807, 2.05) is 19.9 Å². The summed E-state index contributed by atoms with van der Waals surface area (Å²) in [7, 11) is 3.33. The minimum atomic E-state index is -0.492. The fourth-order valence-corrected chi connectivity index (χ4v) is 5.28. The summed E-state index contributed by atoms with van der Waals surface area (Å²) in [5.41, 5.74) is 3.49. The zero-order valence-electron chi connectivity index (χ0n) is 26.2. The van der Waals surface area contributed by atoms with Crippen LogP contribution in [-0.2, 0) is 4.79 Å². The third kappa shape index (κ3) is 7.49. The summed E-state index contributed by atoms with van der Waals surface area (Å²) in [5, 5.41) is 2.84. The van der Waals surface area contributed by atoms with Crippen molar-refractivity contribution in [1.82, 2.24) is 19.7 Å². The molecule has 1 aliphatic heterocycles. The first kappa shape index (κ1) is 32.3.